The Hall–Kier alpha value is -3.41. The lowest BCUT2D eigenvalue weighted by molar-refractivity contribution is -0.141. The summed E-state index contributed by atoms with van der Waals surface area (Å²) in [5.74, 6) is -3.50. The highest BCUT2D eigenvalue weighted by Gasteiger charge is 2.37. The zero-order valence-corrected chi connectivity index (χ0v) is 22.4. The number of aromatic nitrogens is 1. The van der Waals surface area contributed by atoms with E-state index in [4.69, 9.17) is 10.5 Å². The third kappa shape index (κ3) is 6.83. The second-order valence-corrected chi connectivity index (χ2v) is 10.4. The summed E-state index contributed by atoms with van der Waals surface area (Å²) in [5.41, 5.74) is 7.34. The van der Waals surface area contributed by atoms with Crippen LogP contribution < -0.4 is 15.8 Å². The van der Waals surface area contributed by atoms with Gasteiger partial charge in [0.25, 0.3) is 0 Å². The maximum Gasteiger partial charge on any atom is 0.303 e. The van der Waals surface area contributed by atoms with Crippen molar-refractivity contribution in [1.82, 2.24) is 9.88 Å². The molecule has 0 spiro atoms. The highest BCUT2D eigenvalue weighted by Crippen LogP contribution is 2.42. The molecule has 8 nitrogen and oxygen atoms in total. The van der Waals surface area contributed by atoms with Crippen LogP contribution in [0.5, 0.6) is 5.75 Å². The Morgan fingerprint density at radius 1 is 1.23 bits per heavy atom. The quantitative estimate of drug-likeness (QED) is 0.237. The first-order valence-corrected chi connectivity index (χ1v) is 13.3. The van der Waals surface area contributed by atoms with Gasteiger partial charge >= 0.3 is 5.97 Å². The molecule has 2 heterocycles. The van der Waals surface area contributed by atoms with Crippen molar-refractivity contribution >= 4 is 22.6 Å². The van der Waals surface area contributed by atoms with Crippen LogP contribution >= 0.6 is 0 Å². The number of rotatable bonds is 12. The number of aliphatic hydroxyl groups is 1. The number of carboxylic acids is 1. The number of ether oxygens (including phenoxy) is 1. The number of hydrogen-bond donors (Lipinski definition) is 4. The van der Waals surface area contributed by atoms with Gasteiger partial charge in [-0.05, 0) is 73.5 Å². The lowest BCUT2D eigenvalue weighted by Gasteiger charge is -2.41. The Kier molecular flexibility index (Phi) is 9.49. The number of carbonyl (C=O) groups is 1. The minimum Gasteiger partial charge on any atom is -0.497 e. The normalized spacial score (nSPS) is 16.1. The number of benzene rings is 2. The first kappa shape index (κ1) is 29.6. The fraction of sp³-hybridized carbons (Fsp3) is 0.448. The van der Waals surface area contributed by atoms with Crippen molar-refractivity contribution in [3.05, 3.63) is 65.1 Å². The van der Waals surface area contributed by atoms with E-state index < -0.39 is 34.9 Å². The van der Waals surface area contributed by atoms with Crippen molar-refractivity contribution in [3.8, 4) is 5.75 Å². The van der Waals surface area contributed by atoms with Crippen LogP contribution in [0.3, 0.4) is 0 Å². The van der Waals surface area contributed by atoms with Crippen LogP contribution in [0.1, 0.15) is 49.3 Å². The van der Waals surface area contributed by atoms with Gasteiger partial charge in [-0.25, -0.2) is 13.2 Å². The van der Waals surface area contributed by atoms with Gasteiger partial charge in [0.1, 0.15) is 11.6 Å². The van der Waals surface area contributed by atoms with Gasteiger partial charge in [-0.2, -0.15) is 0 Å². The van der Waals surface area contributed by atoms with Gasteiger partial charge in [-0.1, -0.05) is 0 Å². The first-order valence-electron chi connectivity index (χ1n) is 13.3. The van der Waals surface area contributed by atoms with Crippen LogP contribution in [0, 0.1) is 22.9 Å². The van der Waals surface area contributed by atoms with Crippen molar-refractivity contribution < 1.29 is 32.9 Å². The van der Waals surface area contributed by atoms with E-state index in [-0.39, 0.29) is 25.2 Å². The average Bonchev–Trinajstić information content (AvgIpc) is 2.94. The molecule has 5 N–H and O–H groups in total. The van der Waals surface area contributed by atoms with Crippen molar-refractivity contribution in [2.24, 2.45) is 11.1 Å². The monoisotopic (exact) mass is 560 g/mol. The molecule has 0 saturated carbocycles. The molecule has 11 heteroatoms. The molecule has 2 aromatic carbocycles. The number of nitrogens with two attached hydrogens (primary N) is 1. The van der Waals surface area contributed by atoms with Crippen LogP contribution in [-0.4, -0.2) is 59.4 Å². The summed E-state index contributed by atoms with van der Waals surface area (Å²) in [5, 5.41) is 24.5. The molecule has 0 radical (unpaired) electrons. The number of nitrogens with one attached hydrogen (secondary N) is 1. The molecule has 216 valence electrons. The lowest BCUT2D eigenvalue weighted by atomic mass is 9.71. The molecule has 3 aromatic rings. The number of piperidine rings is 1. The third-order valence-corrected chi connectivity index (χ3v) is 7.88. The van der Waals surface area contributed by atoms with Gasteiger partial charge in [0.05, 0.1) is 30.8 Å². The number of carboxylic acid groups (broad SMARTS) is 1. The number of methoxy groups -OCH3 is 1. The molecular formula is C29H35F3N4O4. The molecule has 1 aliphatic rings. The molecule has 1 aliphatic heterocycles. The zero-order chi connectivity index (χ0) is 28.9. The van der Waals surface area contributed by atoms with Crippen LogP contribution in [0.4, 0.5) is 18.9 Å². The lowest BCUT2D eigenvalue weighted by Crippen LogP contribution is -2.43. The van der Waals surface area contributed by atoms with E-state index >= 15 is 0 Å². The molecule has 0 aliphatic carbocycles. The second kappa shape index (κ2) is 12.8. The molecule has 1 aromatic heterocycles. The summed E-state index contributed by atoms with van der Waals surface area (Å²) >= 11 is 0. The highest BCUT2D eigenvalue weighted by atomic mass is 19.2. The zero-order valence-electron chi connectivity index (χ0n) is 22.4. The minimum absolute atomic E-state index is 0.0196. The van der Waals surface area contributed by atoms with E-state index in [2.05, 4.69) is 15.2 Å². The Bertz CT molecular complexity index is 1340. The number of hydrogen-bond acceptors (Lipinski definition) is 7. The number of pyridine rings is 1. The van der Waals surface area contributed by atoms with Crippen LogP contribution in [-0.2, 0) is 11.3 Å². The number of aliphatic carboxylic acids is 1. The van der Waals surface area contributed by atoms with Crippen LogP contribution in [0.15, 0.2) is 36.5 Å². The van der Waals surface area contributed by atoms with E-state index in [1.807, 2.05) is 12.1 Å². The third-order valence-electron chi connectivity index (χ3n) is 7.88. The van der Waals surface area contributed by atoms with Gasteiger partial charge in [0.2, 0.25) is 0 Å². The second-order valence-electron chi connectivity index (χ2n) is 10.4. The minimum atomic E-state index is -1.25. The Morgan fingerprint density at radius 2 is 1.98 bits per heavy atom. The standard InChI is InChI=1S/C29H35F3N4O4/c1-40-20-2-3-23-21(14-20)27(18(16-33)17-35-23)25(37)4-5-29(15-26(38)39)6-9-36(10-7-29)11-8-34-24-13-19(30)12-22(31)28(24)32/h2-3,12-14,17,25,34,37H,4-11,15-16,33H2,1H3,(H,38,39). The summed E-state index contributed by atoms with van der Waals surface area (Å²) < 4.78 is 46.2. The number of halogens is 3. The maximum absolute atomic E-state index is 13.9. The number of aliphatic hydroxyl groups excluding tert-OH is 1. The molecule has 0 amide bonds. The molecule has 40 heavy (non-hydrogen) atoms. The van der Waals surface area contributed by atoms with Crippen molar-refractivity contribution in [3.63, 3.8) is 0 Å². The highest BCUT2D eigenvalue weighted by molar-refractivity contribution is 5.85. The predicted molar refractivity (Wildman–Crippen MR) is 146 cm³/mol. The van der Waals surface area contributed by atoms with Gasteiger partial charge in [-0.15, -0.1) is 0 Å². The molecular weight excluding hydrogens is 525 g/mol. The van der Waals surface area contributed by atoms with Crippen molar-refractivity contribution in [2.75, 3.05) is 38.6 Å². The molecule has 4 rings (SSSR count). The largest absolute Gasteiger partial charge is 0.497 e. The van der Waals surface area contributed by atoms with Crippen molar-refractivity contribution in [1.29, 1.82) is 0 Å². The van der Waals surface area contributed by atoms with E-state index in [1.165, 1.54) is 0 Å². The van der Waals surface area contributed by atoms with Crippen LogP contribution in [0.25, 0.3) is 10.9 Å². The Morgan fingerprint density at radius 3 is 2.65 bits per heavy atom. The summed E-state index contributed by atoms with van der Waals surface area (Å²) in [6.07, 6.45) is 2.82. The van der Waals surface area contributed by atoms with Gasteiger partial charge in [0.15, 0.2) is 11.6 Å². The van der Waals surface area contributed by atoms with Gasteiger partial charge < -0.3 is 30.9 Å². The van der Waals surface area contributed by atoms with Crippen LogP contribution in [0.2, 0.25) is 0 Å². The molecule has 1 saturated heterocycles. The first-order chi connectivity index (χ1) is 19.1. The van der Waals surface area contributed by atoms with E-state index in [1.54, 1.807) is 19.4 Å². The summed E-state index contributed by atoms with van der Waals surface area (Å²) in [6, 6.07) is 6.85. The summed E-state index contributed by atoms with van der Waals surface area (Å²) in [7, 11) is 1.56. The number of nitrogens with zero attached hydrogens (tertiary/aromatic N) is 2. The Labute approximate surface area is 231 Å². The fourth-order valence-corrected chi connectivity index (χ4v) is 5.62. The predicted octanol–water partition coefficient (Wildman–Crippen LogP) is 4.60. The average molecular weight is 561 g/mol. The van der Waals surface area contributed by atoms with Gasteiger partial charge in [-0.3, -0.25) is 9.78 Å². The van der Waals surface area contributed by atoms with E-state index in [0.29, 0.717) is 68.2 Å². The smallest absolute Gasteiger partial charge is 0.303 e. The summed E-state index contributed by atoms with van der Waals surface area (Å²) in [4.78, 5) is 18.4. The number of anilines is 1. The van der Waals surface area contributed by atoms with E-state index in [9.17, 15) is 28.2 Å². The molecule has 1 unspecified atom stereocenters. The maximum atomic E-state index is 13.9. The SMILES string of the molecule is COc1ccc2ncc(CN)c(C(O)CCC3(CC(=O)O)CCN(CCNc4cc(F)cc(F)c4F)CC3)c2c1. The van der Waals surface area contributed by atoms with Gasteiger partial charge in [0, 0.05) is 43.4 Å². The molecule has 0 bridgehead atoms. The Balaban J connectivity index is 1.41. The molecule has 1 atom stereocenters. The summed E-state index contributed by atoms with van der Waals surface area (Å²) in [6.45, 7) is 2.17. The van der Waals surface area contributed by atoms with Crippen molar-refractivity contribution in [2.45, 2.75) is 44.8 Å². The fourth-order valence-electron chi connectivity index (χ4n) is 5.62. The number of fused-ring (bicyclic) bond motifs is 1. The molecule has 1 fully saturated rings. The topological polar surface area (TPSA) is 121 Å². The van der Waals surface area contributed by atoms with E-state index in [0.717, 1.165) is 17.0 Å². The number of likely N-dealkylation sites (tertiary alicyclic amines) is 1.